The van der Waals surface area contributed by atoms with Crippen LogP contribution in [0.1, 0.15) is 41.1 Å². The quantitative estimate of drug-likeness (QED) is 0.354. The van der Waals surface area contributed by atoms with Crippen LogP contribution in [0.25, 0.3) is 10.9 Å². The van der Waals surface area contributed by atoms with Crippen molar-refractivity contribution in [3.63, 3.8) is 0 Å². The Balaban J connectivity index is 1.42. The molecule has 1 aromatic heterocycles. The minimum absolute atomic E-state index is 0.231. The smallest absolute Gasteiger partial charge is 0.243 e. The normalized spacial score (nSPS) is 15.7. The van der Waals surface area contributed by atoms with Crippen LogP contribution in [0, 0.1) is 19.7 Å². The SMILES string of the molecule is Cc1ccc(S(=O)(=O)N2CCC(c3c(C)n(Cc4ccc(F)cc4)c4ccccc34)CC2)cc1. The summed E-state index contributed by atoms with van der Waals surface area (Å²) in [6.45, 7) is 5.80. The van der Waals surface area contributed by atoms with Crippen molar-refractivity contribution in [2.45, 2.75) is 44.0 Å². The first-order valence-electron chi connectivity index (χ1n) is 11.7. The Morgan fingerprint density at radius 3 is 2.21 bits per heavy atom. The Hall–Kier alpha value is -2.96. The van der Waals surface area contributed by atoms with Gasteiger partial charge in [0.25, 0.3) is 0 Å². The van der Waals surface area contributed by atoms with Crippen molar-refractivity contribution in [1.29, 1.82) is 0 Å². The molecule has 0 aliphatic carbocycles. The van der Waals surface area contributed by atoms with Gasteiger partial charge < -0.3 is 4.57 Å². The lowest BCUT2D eigenvalue weighted by Gasteiger charge is -2.31. The third-order valence-corrected chi connectivity index (χ3v) is 8.97. The van der Waals surface area contributed by atoms with Crippen LogP contribution >= 0.6 is 0 Å². The van der Waals surface area contributed by atoms with Crippen molar-refractivity contribution in [3.05, 3.63) is 101 Å². The van der Waals surface area contributed by atoms with E-state index in [1.165, 1.54) is 28.8 Å². The molecule has 1 aliphatic heterocycles. The van der Waals surface area contributed by atoms with E-state index in [4.69, 9.17) is 0 Å². The number of rotatable bonds is 5. The molecule has 0 saturated carbocycles. The Morgan fingerprint density at radius 2 is 1.53 bits per heavy atom. The maximum atomic E-state index is 13.4. The monoisotopic (exact) mass is 476 g/mol. The summed E-state index contributed by atoms with van der Waals surface area (Å²) in [6, 6.07) is 22.2. The highest BCUT2D eigenvalue weighted by molar-refractivity contribution is 7.89. The minimum atomic E-state index is -3.48. The largest absolute Gasteiger partial charge is 0.340 e. The van der Waals surface area contributed by atoms with E-state index in [1.807, 2.05) is 37.3 Å². The molecule has 0 atom stereocenters. The van der Waals surface area contributed by atoms with Gasteiger partial charge in [0.05, 0.1) is 4.90 Å². The van der Waals surface area contributed by atoms with Crippen molar-refractivity contribution >= 4 is 20.9 Å². The molecule has 4 nitrogen and oxygen atoms in total. The van der Waals surface area contributed by atoms with E-state index in [0.717, 1.165) is 29.5 Å². The number of halogens is 1. The predicted molar refractivity (Wildman–Crippen MR) is 134 cm³/mol. The topological polar surface area (TPSA) is 42.3 Å². The fourth-order valence-corrected chi connectivity index (χ4v) is 6.66. The van der Waals surface area contributed by atoms with Crippen molar-refractivity contribution in [2.24, 2.45) is 0 Å². The van der Waals surface area contributed by atoms with Gasteiger partial charge >= 0.3 is 0 Å². The summed E-state index contributed by atoms with van der Waals surface area (Å²) in [5, 5.41) is 1.22. The number of hydrogen-bond acceptors (Lipinski definition) is 2. The van der Waals surface area contributed by atoms with E-state index in [9.17, 15) is 12.8 Å². The number of para-hydroxylation sites is 1. The van der Waals surface area contributed by atoms with Gasteiger partial charge in [0.15, 0.2) is 0 Å². The van der Waals surface area contributed by atoms with Crippen molar-refractivity contribution < 1.29 is 12.8 Å². The molecule has 34 heavy (non-hydrogen) atoms. The van der Waals surface area contributed by atoms with Crippen LogP contribution in [0.3, 0.4) is 0 Å². The molecule has 1 saturated heterocycles. The first kappa shape index (κ1) is 22.8. The first-order chi connectivity index (χ1) is 16.3. The van der Waals surface area contributed by atoms with Gasteiger partial charge in [0.2, 0.25) is 10.0 Å². The number of benzene rings is 3. The van der Waals surface area contributed by atoms with E-state index in [0.29, 0.717) is 30.4 Å². The van der Waals surface area contributed by atoms with Crippen LogP contribution in [0.5, 0.6) is 0 Å². The lowest BCUT2D eigenvalue weighted by Crippen LogP contribution is -2.38. The summed E-state index contributed by atoms with van der Waals surface area (Å²) < 4.78 is 43.6. The predicted octanol–water partition coefficient (Wildman–Crippen LogP) is 6.01. The molecule has 176 valence electrons. The first-order valence-corrected chi connectivity index (χ1v) is 13.2. The fraction of sp³-hybridized carbons (Fsp3) is 0.286. The van der Waals surface area contributed by atoms with Gasteiger partial charge in [-0.15, -0.1) is 0 Å². The number of sulfonamides is 1. The number of nitrogens with zero attached hydrogens (tertiary/aromatic N) is 2. The molecule has 0 amide bonds. The Bertz CT molecular complexity index is 1420. The standard InChI is InChI=1S/C28H29FN2O2S/c1-20-7-13-25(14-8-20)34(32,33)30-17-15-23(16-18-30)28-21(2)31(27-6-4-3-5-26(27)28)19-22-9-11-24(29)12-10-22/h3-14,23H,15-19H2,1-2H3. The van der Waals surface area contributed by atoms with Crippen LogP contribution in [-0.2, 0) is 16.6 Å². The lowest BCUT2D eigenvalue weighted by atomic mass is 9.88. The molecule has 1 aliphatic rings. The van der Waals surface area contributed by atoms with Gasteiger partial charge in [-0.25, -0.2) is 12.8 Å². The number of fused-ring (bicyclic) bond motifs is 1. The van der Waals surface area contributed by atoms with Crippen LogP contribution in [0.2, 0.25) is 0 Å². The number of aromatic nitrogens is 1. The highest BCUT2D eigenvalue weighted by Gasteiger charge is 2.32. The molecule has 6 heteroatoms. The molecular formula is C28H29FN2O2S. The second kappa shape index (κ2) is 9.01. The van der Waals surface area contributed by atoms with Gasteiger partial charge in [-0.2, -0.15) is 4.31 Å². The lowest BCUT2D eigenvalue weighted by molar-refractivity contribution is 0.319. The molecular weight excluding hydrogens is 447 g/mol. The van der Waals surface area contributed by atoms with E-state index in [2.05, 4.69) is 29.7 Å². The van der Waals surface area contributed by atoms with Crippen molar-refractivity contribution in [2.75, 3.05) is 13.1 Å². The summed E-state index contributed by atoms with van der Waals surface area (Å²) in [6.07, 6.45) is 1.58. The van der Waals surface area contributed by atoms with E-state index in [-0.39, 0.29) is 5.82 Å². The van der Waals surface area contributed by atoms with Crippen molar-refractivity contribution in [3.8, 4) is 0 Å². The molecule has 0 N–H and O–H groups in total. The highest BCUT2D eigenvalue weighted by atomic mass is 32.2. The maximum absolute atomic E-state index is 13.4. The van der Waals surface area contributed by atoms with Gasteiger partial charge in [-0.1, -0.05) is 48.0 Å². The zero-order valence-corrected chi connectivity index (χ0v) is 20.4. The van der Waals surface area contributed by atoms with Gasteiger partial charge in [0.1, 0.15) is 5.82 Å². The molecule has 2 heterocycles. The summed E-state index contributed by atoms with van der Waals surface area (Å²) in [4.78, 5) is 0.364. The third-order valence-electron chi connectivity index (χ3n) is 7.05. The molecule has 0 radical (unpaired) electrons. The summed E-state index contributed by atoms with van der Waals surface area (Å²) in [5.41, 5.74) is 5.77. The van der Waals surface area contributed by atoms with E-state index >= 15 is 0 Å². The minimum Gasteiger partial charge on any atom is -0.340 e. The molecule has 0 spiro atoms. The fourth-order valence-electron chi connectivity index (χ4n) is 5.19. The van der Waals surface area contributed by atoms with Crippen LogP contribution in [-0.4, -0.2) is 30.4 Å². The Morgan fingerprint density at radius 1 is 0.882 bits per heavy atom. The van der Waals surface area contributed by atoms with E-state index in [1.54, 1.807) is 16.4 Å². The molecule has 0 bridgehead atoms. The maximum Gasteiger partial charge on any atom is 0.243 e. The molecule has 5 rings (SSSR count). The average molecular weight is 477 g/mol. The molecule has 0 unspecified atom stereocenters. The number of aryl methyl sites for hydroxylation is 1. The highest BCUT2D eigenvalue weighted by Crippen LogP contribution is 2.38. The van der Waals surface area contributed by atoms with E-state index < -0.39 is 10.0 Å². The Kier molecular flexibility index (Phi) is 6.04. The van der Waals surface area contributed by atoms with Crippen molar-refractivity contribution in [1.82, 2.24) is 8.87 Å². The second-order valence-corrected chi connectivity index (χ2v) is 11.2. The summed E-state index contributed by atoms with van der Waals surface area (Å²) in [7, 11) is -3.48. The Labute approximate surface area is 200 Å². The second-order valence-electron chi connectivity index (χ2n) is 9.22. The average Bonchev–Trinajstić information content (AvgIpc) is 3.12. The molecule has 1 fully saturated rings. The third kappa shape index (κ3) is 4.17. The van der Waals surface area contributed by atoms with Crippen LogP contribution in [0.4, 0.5) is 4.39 Å². The summed E-state index contributed by atoms with van der Waals surface area (Å²) in [5.74, 6) is 0.0645. The zero-order valence-electron chi connectivity index (χ0n) is 19.5. The van der Waals surface area contributed by atoms with Gasteiger partial charge in [0, 0.05) is 36.2 Å². The molecule has 3 aromatic carbocycles. The summed E-state index contributed by atoms with van der Waals surface area (Å²) >= 11 is 0. The zero-order chi connectivity index (χ0) is 23.9. The van der Waals surface area contributed by atoms with Gasteiger partial charge in [-0.3, -0.25) is 0 Å². The van der Waals surface area contributed by atoms with Crippen LogP contribution in [0.15, 0.2) is 77.7 Å². The van der Waals surface area contributed by atoms with Gasteiger partial charge in [-0.05, 0) is 74.1 Å². The number of hydrogen-bond donors (Lipinski definition) is 0. The van der Waals surface area contributed by atoms with Crippen LogP contribution < -0.4 is 0 Å². The molecule has 4 aromatic rings. The number of piperidine rings is 1.